The summed E-state index contributed by atoms with van der Waals surface area (Å²) in [4.78, 5) is 11.1. The number of carboxylic acids is 1. The third-order valence-electron chi connectivity index (χ3n) is 10.3. The van der Waals surface area contributed by atoms with Crippen molar-refractivity contribution in [1.29, 1.82) is 0 Å². The molecule has 4 aliphatic carbocycles. The van der Waals surface area contributed by atoms with Crippen LogP contribution in [0.3, 0.4) is 0 Å². The topological polar surface area (TPSA) is 77.8 Å². The highest BCUT2D eigenvalue weighted by Crippen LogP contribution is 2.68. The van der Waals surface area contributed by atoms with Crippen LogP contribution in [0.5, 0.6) is 0 Å². The summed E-state index contributed by atoms with van der Waals surface area (Å²) < 4.78 is 0. The highest BCUT2D eigenvalue weighted by atomic mass is 16.4. The van der Waals surface area contributed by atoms with Crippen LogP contribution < -0.4 is 0 Å². The Morgan fingerprint density at radius 2 is 1.79 bits per heavy atom. The summed E-state index contributed by atoms with van der Waals surface area (Å²) in [5.41, 5.74) is 0.216. The highest BCUT2D eigenvalue weighted by Gasteiger charge is 2.63. The van der Waals surface area contributed by atoms with Crippen LogP contribution in [-0.2, 0) is 4.79 Å². The van der Waals surface area contributed by atoms with Crippen LogP contribution in [0.25, 0.3) is 0 Å². The molecule has 0 spiro atoms. The number of aliphatic carboxylic acids is 1. The second-order valence-electron chi connectivity index (χ2n) is 11.3. The van der Waals surface area contributed by atoms with Crippen molar-refractivity contribution < 1.29 is 20.1 Å². The van der Waals surface area contributed by atoms with Gasteiger partial charge in [0.2, 0.25) is 0 Å². The van der Waals surface area contributed by atoms with E-state index in [2.05, 4.69) is 20.8 Å². The first kappa shape index (κ1) is 20.7. The van der Waals surface area contributed by atoms with E-state index in [1.807, 2.05) is 0 Å². The number of aliphatic hydroxyl groups excluding tert-OH is 2. The molecule has 4 nitrogen and oxygen atoms in total. The second kappa shape index (κ2) is 7.27. The Hall–Kier alpha value is -0.610. The largest absolute Gasteiger partial charge is 0.481 e. The Morgan fingerprint density at radius 3 is 2.50 bits per heavy atom. The van der Waals surface area contributed by atoms with Crippen LogP contribution in [0.4, 0.5) is 0 Å². The molecule has 0 radical (unpaired) electrons. The van der Waals surface area contributed by atoms with Crippen molar-refractivity contribution in [2.24, 2.45) is 46.3 Å². The Bertz CT molecular complexity index is 605. The number of aliphatic hydroxyl groups is 2. The van der Waals surface area contributed by atoms with Gasteiger partial charge in [0.1, 0.15) is 0 Å². The average molecular weight is 393 g/mol. The molecule has 10 atom stereocenters. The number of carboxylic acid groups (broad SMARTS) is 1. The van der Waals surface area contributed by atoms with Crippen molar-refractivity contribution >= 4 is 5.97 Å². The summed E-state index contributed by atoms with van der Waals surface area (Å²) in [5, 5.41) is 30.8. The van der Waals surface area contributed by atoms with E-state index >= 15 is 0 Å². The van der Waals surface area contributed by atoms with Crippen LogP contribution in [-0.4, -0.2) is 33.5 Å². The van der Waals surface area contributed by atoms with Gasteiger partial charge in [-0.3, -0.25) is 4.79 Å². The minimum atomic E-state index is -0.707. The fraction of sp³-hybridized carbons (Fsp3) is 0.958. The van der Waals surface area contributed by atoms with E-state index in [0.29, 0.717) is 35.5 Å². The summed E-state index contributed by atoms with van der Waals surface area (Å²) in [6, 6.07) is 0. The summed E-state index contributed by atoms with van der Waals surface area (Å²) in [6.07, 6.45) is 9.26. The van der Waals surface area contributed by atoms with Crippen LogP contribution in [0, 0.1) is 46.3 Å². The molecule has 0 bridgehead atoms. The molecule has 28 heavy (non-hydrogen) atoms. The standard InChI is InChI=1S/C24H40O4/c1-14(4-9-22(27)28)18-7-8-19-17-6-5-15-12-16(25)10-11-23(15,2)20(17)13-21(26)24(18,19)3/h14-21,25-26H,4-13H2,1-3H3,(H,27,28)/t14-,15-,16-,17+,18?,19+,20?,21+,23+,24-/m1/s1. The van der Waals surface area contributed by atoms with Gasteiger partial charge in [-0.05, 0) is 104 Å². The van der Waals surface area contributed by atoms with Crippen LogP contribution in [0.2, 0.25) is 0 Å². The van der Waals surface area contributed by atoms with Gasteiger partial charge in [0.05, 0.1) is 12.2 Å². The summed E-state index contributed by atoms with van der Waals surface area (Å²) in [6.45, 7) is 6.99. The molecule has 4 rings (SSSR count). The third kappa shape index (κ3) is 3.05. The van der Waals surface area contributed by atoms with Gasteiger partial charge in [0.25, 0.3) is 0 Å². The minimum absolute atomic E-state index is 0.0591. The van der Waals surface area contributed by atoms with Gasteiger partial charge in [-0.15, -0.1) is 0 Å². The Balaban J connectivity index is 1.56. The quantitative estimate of drug-likeness (QED) is 0.659. The van der Waals surface area contributed by atoms with Gasteiger partial charge >= 0.3 is 5.97 Å². The summed E-state index contributed by atoms with van der Waals surface area (Å²) >= 11 is 0. The smallest absolute Gasteiger partial charge is 0.303 e. The summed E-state index contributed by atoms with van der Waals surface area (Å²) in [5.74, 6) is 2.55. The lowest BCUT2D eigenvalue weighted by Crippen LogP contribution is -2.58. The maximum atomic E-state index is 11.5. The molecule has 4 saturated carbocycles. The molecule has 0 aromatic rings. The second-order valence-corrected chi connectivity index (χ2v) is 11.3. The van der Waals surface area contributed by atoms with Crippen LogP contribution in [0.1, 0.15) is 85.0 Å². The zero-order valence-electron chi connectivity index (χ0n) is 17.9. The molecule has 4 fully saturated rings. The average Bonchev–Trinajstić information content (AvgIpc) is 3.00. The van der Waals surface area contributed by atoms with E-state index in [4.69, 9.17) is 5.11 Å². The lowest BCUT2D eigenvalue weighted by molar-refractivity contribution is -0.175. The van der Waals surface area contributed by atoms with Gasteiger partial charge in [0, 0.05) is 6.42 Å². The molecular formula is C24H40O4. The van der Waals surface area contributed by atoms with Gasteiger partial charge < -0.3 is 15.3 Å². The highest BCUT2D eigenvalue weighted by molar-refractivity contribution is 5.66. The first-order chi connectivity index (χ1) is 13.2. The molecule has 4 aliphatic rings. The SMILES string of the molecule is C[C@H](CCC(=O)O)C1CC[C@H]2[C@@H]3CC[C@@H]4C[C@H](O)CC[C@]4(C)C3C[C@H](O)[C@]12C. The number of carbonyl (C=O) groups is 1. The van der Waals surface area contributed by atoms with Crippen molar-refractivity contribution in [2.75, 3.05) is 0 Å². The third-order valence-corrected chi connectivity index (χ3v) is 10.3. The number of hydrogen-bond donors (Lipinski definition) is 3. The van der Waals surface area contributed by atoms with Crippen molar-refractivity contribution in [3.8, 4) is 0 Å². The predicted octanol–water partition coefficient (Wildman–Crippen LogP) is 4.48. The van der Waals surface area contributed by atoms with Crippen LogP contribution >= 0.6 is 0 Å². The maximum Gasteiger partial charge on any atom is 0.303 e. The first-order valence-corrected chi connectivity index (χ1v) is 11.8. The van der Waals surface area contributed by atoms with Gasteiger partial charge in [-0.1, -0.05) is 20.8 Å². The van der Waals surface area contributed by atoms with E-state index in [0.717, 1.165) is 38.5 Å². The fourth-order valence-corrected chi connectivity index (χ4v) is 8.71. The van der Waals surface area contributed by atoms with Gasteiger partial charge in [-0.25, -0.2) is 0 Å². The Kier molecular flexibility index (Phi) is 5.36. The summed E-state index contributed by atoms with van der Waals surface area (Å²) in [7, 11) is 0. The van der Waals surface area contributed by atoms with Gasteiger partial charge in [0.15, 0.2) is 0 Å². The Labute approximate surface area is 170 Å². The van der Waals surface area contributed by atoms with Crippen molar-refractivity contribution in [3.05, 3.63) is 0 Å². The van der Waals surface area contributed by atoms with E-state index in [1.54, 1.807) is 0 Å². The normalized spacial score (nSPS) is 51.7. The van der Waals surface area contributed by atoms with E-state index < -0.39 is 5.97 Å². The lowest BCUT2D eigenvalue weighted by Gasteiger charge is -2.62. The molecule has 0 heterocycles. The molecule has 0 aliphatic heterocycles. The monoisotopic (exact) mass is 392 g/mol. The zero-order valence-corrected chi connectivity index (χ0v) is 17.9. The number of hydrogen-bond acceptors (Lipinski definition) is 3. The lowest BCUT2D eigenvalue weighted by atomic mass is 9.43. The number of rotatable bonds is 4. The van der Waals surface area contributed by atoms with Crippen molar-refractivity contribution in [1.82, 2.24) is 0 Å². The molecule has 0 aromatic heterocycles. The van der Waals surface area contributed by atoms with E-state index in [-0.39, 0.29) is 29.5 Å². The van der Waals surface area contributed by atoms with Crippen molar-refractivity contribution in [2.45, 2.75) is 97.2 Å². The Morgan fingerprint density at radius 1 is 1.04 bits per heavy atom. The molecule has 160 valence electrons. The minimum Gasteiger partial charge on any atom is -0.481 e. The molecule has 2 unspecified atom stereocenters. The zero-order chi connectivity index (χ0) is 20.3. The number of fused-ring (bicyclic) bond motifs is 5. The van der Waals surface area contributed by atoms with E-state index in [1.165, 1.54) is 19.3 Å². The van der Waals surface area contributed by atoms with Crippen molar-refractivity contribution in [3.63, 3.8) is 0 Å². The predicted molar refractivity (Wildman–Crippen MR) is 109 cm³/mol. The fourth-order valence-electron chi connectivity index (χ4n) is 8.71. The molecule has 0 amide bonds. The molecular weight excluding hydrogens is 352 g/mol. The molecule has 0 aromatic carbocycles. The maximum absolute atomic E-state index is 11.5. The molecule has 3 N–H and O–H groups in total. The first-order valence-electron chi connectivity index (χ1n) is 11.8. The molecule has 4 heteroatoms. The van der Waals surface area contributed by atoms with Gasteiger partial charge in [-0.2, -0.15) is 0 Å². The van der Waals surface area contributed by atoms with Crippen LogP contribution in [0.15, 0.2) is 0 Å². The molecule has 0 saturated heterocycles. The van der Waals surface area contributed by atoms with E-state index in [9.17, 15) is 15.0 Å².